The van der Waals surface area contributed by atoms with E-state index in [0.29, 0.717) is 16.5 Å². The molecular formula is C13H13ClN2O3. The Balaban J connectivity index is 2.31. The van der Waals surface area contributed by atoms with Gasteiger partial charge in [0.25, 0.3) is 5.91 Å². The molecule has 1 atom stereocenters. The van der Waals surface area contributed by atoms with E-state index in [4.69, 9.17) is 16.7 Å². The van der Waals surface area contributed by atoms with Gasteiger partial charge in [0.2, 0.25) is 0 Å². The van der Waals surface area contributed by atoms with Crippen molar-refractivity contribution < 1.29 is 15.0 Å². The van der Waals surface area contributed by atoms with Crippen molar-refractivity contribution in [1.29, 1.82) is 0 Å². The third-order valence-corrected chi connectivity index (χ3v) is 2.83. The number of pyridine rings is 1. The molecule has 3 N–H and O–H groups in total. The van der Waals surface area contributed by atoms with E-state index in [-0.39, 0.29) is 17.6 Å². The number of aliphatic hydroxyl groups is 2. The summed E-state index contributed by atoms with van der Waals surface area (Å²) in [5, 5.41) is 21.4. The van der Waals surface area contributed by atoms with Crippen LogP contribution in [0.3, 0.4) is 0 Å². The molecule has 1 aromatic heterocycles. The Labute approximate surface area is 114 Å². The number of para-hydroxylation sites is 1. The molecule has 0 saturated heterocycles. The first-order valence-electron chi connectivity index (χ1n) is 5.74. The van der Waals surface area contributed by atoms with Gasteiger partial charge in [-0.1, -0.05) is 29.8 Å². The predicted octanol–water partition coefficient (Wildman–Crippen LogP) is 0.971. The Kier molecular flexibility index (Phi) is 4.31. The van der Waals surface area contributed by atoms with Crippen LogP contribution in [-0.4, -0.2) is 40.4 Å². The van der Waals surface area contributed by atoms with Gasteiger partial charge in [-0.15, -0.1) is 0 Å². The molecule has 0 aliphatic rings. The summed E-state index contributed by atoms with van der Waals surface area (Å²) in [7, 11) is 0. The minimum absolute atomic E-state index is 0.0242. The SMILES string of the molecule is O=C(NCC(O)CO)c1cc(Cl)nc2ccccc12. The fraction of sp³-hybridized carbons (Fsp3) is 0.231. The third-order valence-electron chi connectivity index (χ3n) is 2.64. The van der Waals surface area contributed by atoms with Crippen LogP contribution in [0.4, 0.5) is 0 Å². The van der Waals surface area contributed by atoms with Crippen LogP contribution in [0.15, 0.2) is 30.3 Å². The second-order valence-corrected chi connectivity index (χ2v) is 4.44. The van der Waals surface area contributed by atoms with Crippen LogP contribution in [0.25, 0.3) is 10.9 Å². The molecule has 2 aromatic rings. The molecule has 2 rings (SSSR count). The fourth-order valence-corrected chi connectivity index (χ4v) is 1.90. The summed E-state index contributed by atoms with van der Waals surface area (Å²) in [5.41, 5.74) is 1.02. The van der Waals surface area contributed by atoms with E-state index in [0.717, 1.165) is 0 Å². The lowest BCUT2D eigenvalue weighted by Gasteiger charge is -2.10. The van der Waals surface area contributed by atoms with Gasteiger partial charge in [-0.2, -0.15) is 0 Å². The fourth-order valence-electron chi connectivity index (χ4n) is 1.70. The molecule has 1 unspecified atom stereocenters. The predicted molar refractivity (Wildman–Crippen MR) is 72.2 cm³/mol. The number of benzene rings is 1. The van der Waals surface area contributed by atoms with Crippen LogP contribution in [-0.2, 0) is 0 Å². The number of nitrogens with zero attached hydrogens (tertiary/aromatic N) is 1. The van der Waals surface area contributed by atoms with E-state index in [9.17, 15) is 9.90 Å². The van der Waals surface area contributed by atoms with Crippen molar-refractivity contribution in [2.24, 2.45) is 0 Å². The number of aromatic nitrogens is 1. The van der Waals surface area contributed by atoms with Crippen LogP contribution >= 0.6 is 11.6 Å². The molecule has 0 saturated carbocycles. The third kappa shape index (κ3) is 3.20. The van der Waals surface area contributed by atoms with Crippen molar-refractivity contribution in [1.82, 2.24) is 10.3 Å². The highest BCUT2D eigenvalue weighted by atomic mass is 35.5. The van der Waals surface area contributed by atoms with Gasteiger partial charge in [-0.3, -0.25) is 4.79 Å². The standard InChI is InChI=1S/C13H13ClN2O3/c14-12-5-10(13(19)15-6-8(18)7-17)9-3-1-2-4-11(9)16-12/h1-5,8,17-18H,6-7H2,(H,15,19). The van der Waals surface area contributed by atoms with E-state index in [1.54, 1.807) is 18.2 Å². The minimum Gasteiger partial charge on any atom is -0.394 e. The smallest absolute Gasteiger partial charge is 0.252 e. The number of carbonyl (C=O) groups is 1. The summed E-state index contributed by atoms with van der Waals surface area (Å²) < 4.78 is 0. The molecule has 0 aliphatic carbocycles. The topological polar surface area (TPSA) is 82.5 Å². The molecule has 0 fully saturated rings. The summed E-state index contributed by atoms with van der Waals surface area (Å²) in [6.45, 7) is -0.429. The van der Waals surface area contributed by atoms with Crippen molar-refractivity contribution in [3.8, 4) is 0 Å². The summed E-state index contributed by atoms with van der Waals surface area (Å²) in [6, 6.07) is 8.63. The quantitative estimate of drug-likeness (QED) is 0.729. The number of hydrogen-bond acceptors (Lipinski definition) is 4. The first-order valence-corrected chi connectivity index (χ1v) is 6.12. The zero-order chi connectivity index (χ0) is 13.8. The molecule has 0 radical (unpaired) electrons. The first kappa shape index (κ1) is 13.7. The molecule has 5 nitrogen and oxygen atoms in total. The molecule has 0 spiro atoms. The molecule has 1 heterocycles. The van der Waals surface area contributed by atoms with Crippen LogP contribution in [0.5, 0.6) is 0 Å². The number of fused-ring (bicyclic) bond motifs is 1. The van der Waals surface area contributed by atoms with E-state index >= 15 is 0 Å². The maximum atomic E-state index is 12.0. The van der Waals surface area contributed by atoms with Gasteiger partial charge in [-0.25, -0.2) is 4.98 Å². The lowest BCUT2D eigenvalue weighted by molar-refractivity contribution is 0.0803. The van der Waals surface area contributed by atoms with Crippen LogP contribution < -0.4 is 5.32 Å². The number of amides is 1. The van der Waals surface area contributed by atoms with Gasteiger partial charge >= 0.3 is 0 Å². The Hall–Kier alpha value is -1.69. The average Bonchev–Trinajstić information content (AvgIpc) is 2.43. The van der Waals surface area contributed by atoms with Crippen molar-refractivity contribution >= 4 is 28.4 Å². The summed E-state index contributed by atoms with van der Waals surface area (Å²) in [5.74, 6) is -0.368. The highest BCUT2D eigenvalue weighted by Crippen LogP contribution is 2.20. The Morgan fingerprint density at radius 2 is 2.16 bits per heavy atom. The van der Waals surface area contributed by atoms with E-state index in [1.807, 2.05) is 6.07 Å². The van der Waals surface area contributed by atoms with Crippen molar-refractivity contribution in [2.75, 3.05) is 13.2 Å². The first-order chi connectivity index (χ1) is 9.11. The summed E-state index contributed by atoms with van der Waals surface area (Å²) >= 11 is 5.88. The molecule has 100 valence electrons. The number of hydrogen-bond donors (Lipinski definition) is 3. The van der Waals surface area contributed by atoms with E-state index in [2.05, 4.69) is 10.3 Å². The van der Waals surface area contributed by atoms with Gasteiger partial charge < -0.3 is 15.5 Å². The molecule has 19 heavy (non-hydrogen) atoms. The number of halogens is 1. The van der Waals surface area contributed by atoms with Crippen LogP contribution in [0.2, 0.25) is 5.15 Å². The van der Waals surface area contributed by atoms with Crippen molar-refractivity contribution in [3.05, 3.63) is 41.0 Å². The number of carbonyl (C=O) groups excluding carboxylic acids is 1. The van der Waals surface area contributed by atoms with Gasteiger partial charge in [0, 0.05) is 11.9 Å². The molecule has 6 heteroatoms. The molecule has 0 aliphatic heterocycles. The Morgan fingerprint density at radius 3 is 2.89 bits per heavy atom. The molecular weight excluding hydrogens is 268 g/mol. The second kappa shape index (κ2) is 5.97. The average molecular weight is 281 g/mol. The van der Waals surface area contributed by atoms with Crippen molar-refractivity contribution in [3.63, 3.8) is 0 Å². The van der Waals surface area contributed by atoms with Gasteiger partial charge in [0.1, 0.15) is 5.15 Å². The molecule has 0 bridgehead atoms. The van der Waals surface area contributed by atoms with Gasteiger partial charge in [0.15, 0.2) is 0 Å². The van der Waals surface area contributed by atoms with E-state index in [1.165, 1.54) is 6.07 Å². The lowest BCUT2D eigenvalue weighted by atomic mass is 10.1. The van der Waals surface area contributed by atoms with Crippen LogP contribution in [0, 0.1) is 0 Å². The monoisotopic (exact) mass is 280 g/mol. The zero-order valence-corrected chi connectivity index (χ0v) is 10.8. The number of aliphatic hydroxyl groups excluding tert-OH is 2. The largest absolute Gasteiger partial charge is 0.394 e. The Morgan fingerprint density at radius 1 is 1.42 bits per heavy atom. The van der Waals surface area contributed by atoms with Crippen LogP contribution in [0.1, 0.15) is 10.4 Å². The highest BCUT2D eigenvalue weighted by molar-refractivity contribution is 6.30. The van der Waals surface area contributed by atoms with Crippen molar-refractivity contribution in [2.45, 2.75) is 6.10 Å². The van der Waals surface area contributed by atoms with Gasteiger partial charge in [-0.05, 0) is 12.1 Å². The molecule has 1 amide bonds. The maximum Gasteiger partial charge on any atom is 0.252 e. The Bertz CT molecular complexity index is 603. The second-order valence-electron chi connectivity index (χ2n) is 4.06. The lowest BCUT2D eigenvalue weighted by Crippen LogP contribution is -2.34. The molecule has 1 aromatic carbocycles. The number of nitrogens with one attached hydrogen (secondary N) is 1. The highest BCUT2D eigenvalue weighted by Gasteiger charge is 2.13. The number of rotatable bonds is 4. The summed E-state index contributed by atoms with van der Waals surface area (Å²) in [6.07, 6.45) is -0.979. The normalized spacial score (nSPS) is 12.4. The minimum atomic E-state index is -0.979. The van der Waals surface area contributed by atoms with Gasteiger partial charge in [0.05, 0.1) is 23.8 Å². The zero-order valence-electron chi connectivity index (χ0n) is 10.0. The van der Waals surface area contributed by atoms with E-state index < -0.39 is 12.7 Å². The summed E-state index contributed by atoms with van der Waals surface area (Å²) in [4.78, 5) is 16.2. The maximum absolute atomic E-state index is 12.0.